The molecular weight excluding hydrogens is 404 g/mol. The first-order valence-electron chi connectivity index (χ1n) is 9.28. The maximum Gasteiger partial charge on any atom is 0.253 e. The Morgan fingerprint density at radius 3 is 2.59 bits per heavy atom. The summed E-state index contributed by atoms with van der Waals surface area (Å²) in [5, 5.41) is 1.24. The van der Waals surface area contributed by atoms with Crippen LogP contribution in [0.4, 0.5) is 0 Å². The highest BCUT2D eigenvalue weighted by Gasteiger charge is 2.22. The lowest BCUT2D eigenvalue weighted by Crippen LogP contribution is -2.49. The molecule has 6 heteroatoms. The van der Waals surface area contributed by atoms with Gasteiger partial charge in [0.1, 0.15) is 5.65 Å². The van der Waals surface area contributed by atoms with Crippen LogP contribution in [0.2, 0.25) is 0 Å². The molecule has 1 aromatic carbocycles. The van der Waals surface area contributed by atoms with Gasteiger partial charge in [-0.2, -0.15) is 0 Å². The van der Waals surface area contributed by atoms with Crippen LogP contribution in [0.25, 0.3) is 11.0 Å². The minimum Gasteiger partial charge on any atom is -0.336 e. The van der Waals surface area contributed by atoms with Crippen LogP contribution in [-0.2, 0) is 13.5 Å². The van der Waals surface area contributed by atoms with Gasteiger partial charge in [-0.15, -0.1) is 0 Å². The van der Waals surface area contributed by atoms with Crippen molar-refractivity contribution in [3.8, 4) is 0 Å². The zero-order valence-corrected chi connectivity index (χ0v) is 17.0. The summed E-state index contributed by atoms with van der Waals surface area (Å²) in [7, 11) is 2.05. The average Bonchev–Trinajstić information content (AvgIpc) is 3.03. The fourth-order valence-electron chi connectivity index (χ4n) is 3.72. The molecule has 0 spiro atoms. The molecule has 140 valence electrons. The van der Waals surface area contributed by atoms with Gasteiger partial charge in [-0.25, -0.2) is 4.98 Å². The number of rotatable bonds is 4. The van der Waals surface area contributed by atoms with Crippen LogP contribution in [0.15, 0.2) is 53.3 Å². The first-order valence-corrected chi connectivity index (χ1v) is 10.1. The van der Waals surface area contributed by atoms with Crippen LogP contribution in [0.3, 0.4) is 0 Å². The topological polar surface area (TPSA) is 41.4 Å². The van der Waals surface area contributed by atoms with Gasteiger partial charge in [-0.1, -0.05) is 15.9 Å². The van der Waals surface area contributed by atoms with Gasteiger partial charge in [0.2, 0.25) is 0 Å². The molecule has 0 radical (unpaired) electrons. The van der Waals surface area contributed by atoms with E-state index in [0.717, 1.165) is 54.8 Å². The van der Waals surface area contributed by atoms with Gasteiger partial charge in [-0.3, -0.25) is 9.69 Å². The molecule has 1 aliphatic heterocycles. The molecule has 1 aliphatic rings. The second-order valence-corrected chi connectivity index (χ2v) is 7.95. The zero-order valence-electron chi connectivity index (χ0n) is 15.4. The Labute approximate surface area is 167 Å². The fourth-order valence-corrected chi connectivity index (χ4v) is 3.98. The number of piperazine rings is 1. The first kappa shape index (κ1) is 18.2. The van der Waals surface area contributed by atoms with Gasteiger partial charge in [0.05, 0.1) is 0 Å². The minimum absolute atomic E-state index is 0.127. The molecule has 5 nitrogen and oxygen atoms in total. The summed E-state index contributed by atoms with van der Waals surface area (Å²) in [6, 6.07) is 11.7. The lowest BCUT2D eigenvalue weighted by molar-refractivity contribution is 0.0638. The number of nitrogens with zero attached hydrogens (tertiary/aromatic N) is 4. The molecule has 27 heavy (non-hydrogen) atoms. The van der Waals surface area contributed by atoms with Crippen molar-refractivity contribution >= 4 is 32.9 Å². The zero-order chi connectivity index (χ0) is 18.8. The number of carbonyl (C=O) groups is 1. The maximum atomic E-state index is 12.6. The summed E-state index contributed by atoms with van der Waals surface area (Å²) in [5.41, 5.74) is 3.14. The Balaban J connectivity index is 1.33. The molecule has 0 N–H and O–H groups in total. The molecule has 1 saturated heterocycles. The van der Waals surface area contributed by atoms with Crippen molar-refractivity contribution < 1.29 is 4.79 Å². The molecule has 3 aromatic rings. The molecule has 2 aromatic heterocycles. The molecule has 0 aliphatic carbocycles. The summed E-state index contributed by atoms with van der Waals surface area (Å²) in [5.74, 6) is 0.127. The largest absolute Gasteiger partial charge is 0.336 e. The van der Waals surface area contributed by atoms with E-state index in [1.165, 1.54) is 10.9 Å². The highest BCUT2D eigenvalue weighted by Crippen LogP contribution is 2.19. The van der Waals surface area contributed by atoms with Crippen LogP contribution in [0.5, 0.6) is 0 Å². The van der Waals surface area contributed by atoms with E-state index >= 15 is 0 Å². The Morgan fingerprint density at radius 2 is 1.85 bits per heavy atom. The standard InChI is InChI=1S/C21H23BrN4O/c1-24-15-17(19-3-2-9-23-20(19)24)8-10-25-11-13-26(14-12-25)21(27)16-4-6-18(22)7-5-16/h2-7,9,15H,8,10-14H2,1H3. The van der Waals surface area contributed by atoms with E-state index in [4.69, 9.17) is 0 Å². The van der Waals surface area contributed by atoms with Crippen molar-refractivity contribution in [1.82, 2.24) is 19.4 Å². The van der Waals surface area contributed by atoms with E-state index in [1.807, 2.05) is 48.5 Å². The molecule has 0 bridgehead atoms. The SMILES string of the molecule is Cn1cc(CCN2CCN(C(=O)c3ccc(Br)cc3)CC2)c2cccnc21. The number of amides is 1. The second-order valence-electron chi connectivity index (χ2n) is 7.03. The lowest BCUT2D eigenvalue weighted by Gasteiger charge is -2.34. The van der Waals surface area contributed by atoms with Gasteiger partial charge in [-0.05, 0) is 48.4 Å². The number of hydrogen-bond acceptors (Lipinski definition) is 3. The number of halogens is 1. The van der Waals surface area contributed by atoms with Gasteiger partial charge < -0.3 is 9.47 Å². The van der Waals surface area contributed by atoms with Crippen molar-refractivity contribution in [2.24, 2.45) is 7.05 Å². The van der Waals surface area contributed by atoms with Crippen molar-refractivity contribution in [1.29, 1.82) is 0 Å². The molecule has 1 amide bonds. The van der Waals surface area contributed by atoms with Crippen LogP contribution >= 0.6 is 15.9 Å². The smallest absolute Gasteiger partial charge is 0.253 e. The molecular formula is C21H23BrN4O. The summed E-state index contributed by atoms with van der Waals surface area (Å²) < 4.78 is 3.09. The van der Waals surface area contributed by atoms with Crippen LogP contribution in [0, 0.1) is 0 Å². The summed E-state index contributed by atoms with van der Waals surface area (Å²) in [6.45, 7) is 4.42. The van der Waals surface area contributed by atoms with Gasteiger partial charge >= 0.3 is 0 Å². The van der Waals surface area contributed by atoms with Crippen LogP contribution < -0.4 is 0 Å². The molecule has 3 heterocycles. The first-order chi connectivity index (χ1) is 13.1. The number of fused-ring (bicyclic) bond motifs is 1. The average molecular weight is 427 g/mol. The van der Waals surface area contributed by atoms with E-state index in [9.17, 15) is 4.79 Å². The van der Waals surface area contributed by atoms with Crippen LogP contribution in [0.1, 0.15) is 15.9 Å². The third-order valence-corrected chi connectivity index (χ3v) is 5.79. The predicted octanol–water partition coefficient (Wildman–Crippen LogP) is 3.34. The highest BCUT2D eigenvalue weighted by atomic mass is 79.9. The molecule has 0 saturated carbocycles. The number of aromatic nitrogens is 2. The molecule has 0 atom stereocenters. The maximum absolute atomic E-state index is 12.6. The minimum atomic E-state index is 0.127. The van der Waals surface area contributed by atoms with Gasteiger partial charge in [0.15, 0.2) is 0 Å². The Hall–Kier alpha value is -2.18. The van der Waals surface area contributed by atoms with E-state index in [1.54, 1.807) is 0 Å². The predicted molar refractivity (Wildman–Crippen MR) is 111 cm³/mol. The third kappa shape index (κ3) is 3.92. The van der Waals surface area contributed by atoms with E-state index in [0.29, 0.717) is 0 Å². The van der Waals surface area contributed by atoms with E-state index in [2.05, 4.69) is 42.6 Å². The summed E-state index contributed by atoms with van der Waals surface area (Å²) >= 11 is 3.41. The van der Waals surface area contributed by atoms with E-state index < -0.39 is 0 Å². The number of carbonyl (C=O) groups excluding carboxylic acids is 1. The lowest BCUT2D eigenvalue weighted by atomic mass is 10.1. The molecule has 0 unspecified atom stereocenters. The number of pyridine rings is 1. The van der Waals surface area contributed by atoms with Crippen molar-refractivity contribution in [2.75, 3.05) is 32.7 Å². The molecule has 4 rings (SSSR count). The van der Waals surface area contributed by atoms with Crippen molar-refractivity contribution in [2.45, 2.75) is 6.42 Å². The number of aryl methyl sites for hydroxylation is 1. The van der Waals surface area contributed by atoms with Crippen LogP contribution in [-0.4, -0.2) is 58.0 Å². The highest BCUT2D eigenvalue weighted by molar-refractivity contribution is 9.10. The van der Waals surface area contributed by atoms with Crippen molar-refractivity contribution in [3.05, 3.63) is 64.4 Å². The number of hydrogen-bond donors (Lipinski definition) is 0. The van der Waals surface area contributed by atoms with Crippen molar-refractivity contribution in [3.63, 3.8) is 0 Å². The Morgan fingerprint density at radius 1 is 1.11 bits per heavy atom. The van der Waals surface area contributed by atoms with E-state index in [-0.39, 0.29) is 5.91 Å². The van der Waals surface area contributed by atoms with Gasteiger partial charge in [0.25, 0.3) is 5.91 Å². The third-order valence-electron chi connectivity index (χ3n) is 5.26. The number of benzene rings is 1. The fraction of sp³-hybridized carbons (Fsp3) is 0.333. The Kier molecular flexibility index (Phi) is 5.27. The quantitative estimate of drug-likeness (QED) is 0.642. The normalized spacial score (nSPS) is 15.4. The second kappa shape index (κ2) is 7.82. The Bertz CT molecular complexity index is 942. The summed E-state index contributed by atoms with van der Waals surface area (Å²) in [6.07, 6.45) is 5.03. The monoisotopic (exact) mass is 426 g/mol. The molecule has 1 fully saturated rings. The summed E-state index contributed by atoms with van der Waals surface area (Å²) in [4.78, 5) is 21.5. The van der Waals surface area contributed by atoms with Gasteiger partial charge in [0, 0.05) is 67.6 Å².